The predicted molar refractivity (Wildman–Crippen MR) is 54.9 cm³/mol. The third kappa shape index (κ3) is 2.01. The molecule has 0 fully saturated rings. The van der Waals surface area contributed by atoms with Crippen molar-refractivity contribution >= 4 is 11.6 Å². The summed E-state index contributed by atoms with van der Waals surface area (Å²) in [5, 5.41) is 0.863. The minimum atomic E-state index is 0.640. The standard InChI is InChI=1S/C11H15Cl/c1-4-8(2)10-5-6-11(12)9(3)7-10/h5-8H,4H2,1-3H3/t8-/m1/s1. The normalized spacial score (nSPS) is 13.0. The van der Waals surface area contributed by atoms with Crippen LogP contribution in [0.3, 0.4) is 0 Å². The van der Waals surface area contributed by atoms with Gasteiger partial charge in [0.15, 0.2) is 0 Å². The Labute approximate surface area is 79.6 Å². The van der Waals surface area contributed by atoms with Crippen LogP contribution >= 0.6 is 11.6 Å². The lowest BCUT2D eigenvalue weighted by Gasteiger charge is -2.09. The van der Waals surface area contributed by atoms with Gasteiger partial charge in [0.05, 0.1) is 0 Å². The van der Waals surface area contributed by atoms with Gasteiger partial charge in [0.2, 0.25) is 0 Å². The van der Waals surface area contributed by atoms with Gasteiger partial charge in [0.1, 0.15) is 0 Å². The van der Waals surface area contributed by atoms with Gasteiger partial charge < -0.3 is 0 Å². The monoisotopic (exact) mass is 182 g/mol. The molecule has 1 rings (SSSR count). The first-order valence-corrected chi connectivity index (χ1v) is 4.79. The zero-order valence-electron chi connectivity index (χ0n) is 7.89. The van der Waals surface area contributed by atoms with Crippen molar-refractivity contribution in [2.75, 3.05) is 0 Å². The Kier molecular flexibility index (Phi) is 3.16. The third-order valence-corrected chi connectivity index (χ3v) is 2.79. The lowest BCUT2D eigenvalue weighted by Crippen LogP contribution is -1.91. The lowest BCUT2D eigenvalue weighted by molar-refractivity contribution is 0.733. The molecule has 12 heavy (non-hydrogen) atoms. The number of hydrogen-bond donors (Lipinski definition) is 0. The number of aryl methyl sites for hydroxylation is 1. The molecule has 0 nitrogen and oxygen atoms in total. The summed E-state index contributed by atoms with van der Waals surface area (Å²) in [5.41, 5.74) is 2.56. The Morgan fingerprint density at radius 1 is 1.42 bits per heavy atom. The maximum atomic E-state index is 5.93. The summed E-state index contributed by atoms with van der Waals surface area (Å²) in [4.78, 5) is 0. The highest BCUT2D eigenvalue weighted by molar-refractivity contribution is 6.31. The van der Waals surface area contributed by atoms with Crippen LogP contribution in [-0.4, -0.2) is 0 Å². The molecule has 0 heterocycles. The maximum absolute atomic E-state index is 5.93. The molecule has 1 atom stereocenters. The number of halogens is 1. The zero-order chi connectivity index (χ0) is 9.14. The van der Waals surface area contributed by atoms with Crippen molar-refractivity contribution < 1.29 is 0 Å². The summed E-state index contributed by atoms with van der Waals surface area (Å²) >= 11 is 5.93. The molecule has 0 aromatic heterocycles. The molecule has 1 heteroatoms. The highest BCUT2D eigenvalue weighted by Crippen LogP contribution is 2.23. The van der Waals surface area contributed by atoms with Crippen molar-refractivity contribution in [3.05, 3.63) is 34.3 Å². The second-order valence-electron chi connectivity index (χ2n) is 3.32. The predicted octanol–water partition coefficient (Wildman–Crippen LogP) is 4.16. The van der Waals surface area contributed by atoms with E-state index >= 15 is 0 Å². The van der Waals surface area contributed by atoms with E-state index in [1.165, 1.54) is 17.5 Å². The first-order chi connectivity index (χ1) is 5.65. The van der Waals surface area contributed by atoms with Gasteiger partial charge in [0.25, 0.3) is 0 Å². The number of hydrogen-bond acceptors (Lipinski definition) is 0. The molecule has 0 aliphatic carbocycles. The van der Waals surface area contributed by atoms with Gasteiger partial charge in [-0.05, 0) is 36.5 Å². The second kappa shape index (κ2) is 3.95. The maximum Gasteiger partial charge on any atom is 0.0435 e. The second-order valence-corrected chi connectivity index (χ2v) is 3.73. The molecule has 0 saturated carbocycles. The molecule has 0 spiro atoms. The highest BCUT2D eigenvalue weighted by Gasteiger charge is 2.03. The van der Waals surface area contributed by atoms with Crippen molar-refractivity contribution in [3.8, 4) is 0 Å². The van der Waals surface area contributed by atoms with Crippen molar-refractivity contribution in [3.63, 3.8) is 0 Å². The van der Waals surface area contributed by atoms with Crippen LogP contribution in [0, 0.1) is 6.92 Å². The molecular formula is C11H15Cl. The molecule has 0 amide bonds. The van der Waals surface area contributed by atoms with E-state index in [1.54, 1.807) is 0 Å². The molecule has 0 radical (unpaired) electrons. The molecule has 0 N–H and O–H groups in total. The van der Waals surface area contributed by atoms with Crippen LogP contribution in [-0.2, 0) is 0 Å². The van der Waals surface area contributed by atoms with Gasteiger partial charge in [0, 0.05) is 5.02 Å². The summed E-state index contributed by atoms with van der Waals surface area (Å²) in [7, 11) is 0. The molecule has 66 valence electrons. The molecule has 1 aromatic carbocycles. The van der Waals surface area contributed by atoms with E-state index in [0.29, 0.717) is 5.92 Å². The smallest absolute Gasteiger partial charge is 0.0435 e. The fraction of sp³-hybridized carbons (Fsp3) is 0.455. The van der Waals surface area contributed by atoms with Crippen molar-refractivity contribution in [1.29, 1.82) is 0 Å². The van der Waals surface area contributed by atoms with E-state index in [1.807, 2.05) is 13.0 Å². The highest BCUT2D eigenvalue weighted by atomic mass is 35.5. The first kappa shape index (κ1) is 9.60. The van der Waals surface area contributed by atoms with Gasteiger partial charge in [-0.1, -0.05) is 37.6 Å². The first-order valence-electron chi connectivity index (χ1n) is 4.41. The molecule has 0 aliphatic heterocycles. The van der Waals surface area contributed by atoms with Crippen LogP contribution in [0.1, 0.15) is 37.3 Å². The Morgan fingerprint density at radius 2 is 2.08 bits per heavy atom. The van der Waals surface area contributed by atoms with Crippen molar-refractivity contribution in [1.82, 2.24) is 0 Å². The lowest BCUT2D eigenvalue weighted by atomic mass is 9.97. The fourth-order valence-electron chi connectivity index (χ4n) is 1.21. The number of rotatable bonds is 2. The van der Waals surface area contributed by atoms with E-state index in [2.05, 4.69) is 26.0 Å². The SMILES string of the molecule is CC[C@@H](C)c1ccc(Cl)c(C)c1. The zero-order valence-corrected chi connectivity index (χ0v) is 8.65. The molecule has 0 unspecified atom stereocenters. The third-order valence-electron chi connectivity index (χ3n) is 2.36. The summed E-state index contributed by atoms with van der Waals surface area (Å²) in [5.74, 6) is 0.640. The van der Waals surface area contributed by atoms with Gasteiger partial charge in [-0.2, -0.15) is 0 Å². The quantitative estimate of drug-likeness (QED) is 0.644. The molecule has 0 saturated heterocycles. The Hall–Kier alpha value is -0.490. The van der Waals surface area contributed by atoms with Crippen LogP contribution in [0.4, 0.5) is 0 Å². The minimum absolute atomic E-state index is 0.640. The van der Waals surface area contributed by atoms with Crippen molar-refractivity contribution in [2.24, 2.45) is 0 Å². The molecule has 1 aromatic rings. The Balaban J connectivity index is 2.96. The fourth-order valence-corrected chi connectivity index (χ4v) is 1.33. The van der Waals surface area contributed by atoms with E-state index in [9.17, 15) is 0 Å². The average molecular weight is 183 g/mol. The number of benzene rings is 1. The topological polar surface area (TPSA) is 0 Å². The summed E-state index contributed by atoms with van der Waals surface area (Å²) in [6.07, 6.45) is 1.18. The Bertz CT molecular complexity index is 266. The summed E-state index contributed by atoms with van der Waals surface area (Å²) in [6, 6.07) is 6.28. The Morgan fingerprint density at radius 3 is 2.58 bits per heavy atom. The van der Waals surface area contributed by atoms with E-state index < -0.39 is 0 Å². The van der Waals surface area contributed by atoms with Crippen LogP contribution in [0.5, 0.6) is 0 Å². The van der Waals surface area contributed by atoms with Gasteiger partial charge in [-0.15, -0.1) is 0 Å². The van der Waals surface area contributed by atoms with E-state index in [0.717, 1.165) is 5.02 Å². The molecule has 0 aliphatic rings. The largest absolute Gasteiger partial charge is 0.0841 e. The summed E-state index contributed by atoms with van der Waals surface area (Å²) in [6.45, 7) is 6.49. The molecule has 0 bridgehead atoms. The molecular weight excluding hydrogens is 168 g/mol. The van der Waals surface area contributed by atoms with Crippen LogP contribution in [0.2, 0.25) is 5.02 Å². The van der Waals surface area contributed by atoms with Crippen LogP contribution in [0.15, 0.2) is 18.2 Å². The van der Waals surface area contributed by atoms with Gasteiger partial charge in [-0.3, -0.25) is 0 Å². The van der Waals surface area contributed by atoms with E-state index in [4.69, 9.17) is 11.6 Å². The van der Waals surface area contributed by atoms with Gasteiger partial charge >= 0.3 is 0 Å². The van der Waals surface area contributed by atoms with Gasteiger partial charge in [-0.25, -0.2) is 0 Å². The minimum Gasteiger partial charge on any atom is -0.0841 e. The summed E-state index contributed by atoms with van der Waals surface area (Å²) < 4.78 is 0. The van der Waals surface area contributed by atoms with Crippen LogP contribution in [0.25, 0.3) is 0 Å². The average Bonchev–Trinajstić information content (AvgIpc) is 2.08. The van der Waals surface area contributed by atoms with E-state index in [-0.39, 0.29) is 0 Å². The van der Waals surface area contributed by atoms with Crippen molar-refractivity contribution in [2.45, 2.75) is 33.1 Å². The van der Waals surface area contributed by atoms with Crippen LogP contribution < -0.4 is 0 Å².